The van der Waals surface area contributed by atoms with Crippen molar-refractivity contribution in [3.63, 3.8) is 0 Å². The van der Waals surface area contributed by atoms with Crippen LogP contribution in [0.2, 0.25) is 0 Å². The van der Waals surface area contributed by atoms with Gasteiger partial charge >= 0.3 is 11.9 Å². The highest BCUT2D eigenvalue weighted by Gasteiger charge is 2.55. The van der Waals surface area contributed by atoms with Crippen LogP contribution in [0.25, 0.3) is 0 Å². The van der Waals surface area contributed by atoms with Crippen LogP contribution < -0.4 is 0 Å². The zero-order valence-corrected chi connectivity index (χ0v) is 18.0. The maximum atomic E-state index is 11.8. The number of hydrogen-bond donors (Lipinski definition) is 10. The van der Waals surface area contributed by atoms with E-state index in [4.69, 9.17) is 28.8 Å². The van der Waals surface area contributed by atoms with Crippen LogP contribution in [0.1, 0.15) is 6.92 Å². The smallest absolute Gasteiger partial charge is 0.335 e. The van der Waals surface area contributed by atoms with Gasteiger partial charge in [-0.1, -0.05) is 0 Å². The molecule has 17 nitrogen and oxygen atoms in total. The van der Waals surface area contributed by atoms with E-state index in [-0.39, 0.29) is 0 Å². The van der Waals surface area contributed by atoms with Crippen LogP contribution in [0.4, 0.5) is 0 Å². The van der Waals surface area contributed by atoms with Gasteiger partial charge in [0.1, 0.15) is 54.9 Å². The minimum atomic E-state index is -2.17. The lowest BCUT2D eigenvalue weighted by atomic mass is 9.96. The number of rotatable bonds is 6. The number of aliphatic hydroxyl groups excluding tert-OH is 8. The summed E-state index contributed by atoms with van der Waals surface area (Å²) in [6, 6.07) is 0. The lowest BCUT2D eigenvalue weighted by Crippen LogP contribution is -2.67. The summed E-state index contributed by atoms with van der Waals surface area (Å²) >= 11 is 0. The molecule has 3 heterocycles. The van der Waals surface area contributed by atoms with Crippen molar-refractivity contribution in [3.8, 4) is 0 Å². The molecule has 0 aromatic carbocycles. The molecule has 15 unspecified atom stereocenters. The van der Waals surface area contributed by atoms with E-state index < -0.39 is 104 Å². The maximum Gasteiger partial charge on any atom is 0.335 e. The zero-order valence-electron chi connectivity index (χ0n) is 18.0. The van der Waals surface area contributed by atoms with Crippen LogP contribution in [-0.2, 0) is 33.3 Å². The monoisotopic (exact) mass is 516 g/mol. The molecular weight excluding hydrogens is 488 g/mol. The number of carboxylic acids is 2. The van der Waals surface area contributed by atoms with Gasteiger partial charge in [-0.2, -0.15) is 0 Å². The van der Waals surface area contributed by atoms with E-state index in [1.807, 2.05) is 0 Å². The predicted molar refractivity (Wildman–Crippen MR) is 101 cm³/mol. The molecule has 3 fully saturated rings. The molecule has 15 atom stereocenters. The Kier molecular flexibility index (Phi) is 8.65. The van der Waals surface area contributed by atoms with Crippen molar-refractivity contribution >= 4 is 11.9 Å². The summed E-state index contributed by atoms with van der Waals surface area (Å²) < 4.78 is 25.4. The molecule has 3 rings (SSSR count). The lowest BCUT2D eigenvalue weighted by Gasteiger charge is -2.46. The van der Waals surface area contributed by atoms with E-state index in [1.54, 1.807) is 0 Å². The Bertz CT molecular complexity index is 765. The van der Waals surface area contributed by atoms with E-state index in [0.29, 0.717) is 0 Å². The molecule has 202 valence electrons. The summed E-state index contributed by atoms with van der Waals surface area (Å²) in [7, 11) is 0. The molecule has 0 aromatic rings. The predicted octanol–water partition coefficient (Wildman–Crippen LogP) is -6.36. The van der Waals surface area contributed by atoms with Gasteiger partial charge in [0.25, 0.3) is 0 Å². The minimum absolute atomic E-state index is 1.00. The number of aliphatic carboxylic acids is 2. The van der Waals surface area contributed by atoms with Gasteiger partial charge in [0.2, 0.25) is 0 Å². The summed E-state index contributed by atoms with van der Waals surface area (Å²) in [5.74, 6) is -3.53. The maximum absolute atomic E-state index is 11.8. The summed E-state index contributed by atoms with van der Waals surface area (Å²) in [5.41, 5.74) is 0. The normalized spacial score (nSPS) is 51.1. The van der Waals surface area contributed by atoms with Crippen LogP contribution >= 0.6 is 0 Å². The Morgan fingerprint density at radius 3 is 1.57 bits per heavy atom. The first kappa shape index (κ1) is 28.0. The third-order valence-electron chi connectivity index (χ3n) is 5.99. The van der Waals surface area contributed by atoms with Gasteiger partial charge < -0.3 is 74.7 Å². The fraction of sp³-hybridized carbons (Fsp3) is 0.889. The number of hydrogen-bond acceptors (Lipinski definition) is 15. The Morgan fingerprint density at radius 1 is 0.571 bits per heavy atom. The standard InChI is InChI=1S/C18H28O17/c1-2-3(19)5(21)12(16(30)31-2)34-18-9(25)7(23)10(13(35-18)15(28)29)32-17-8(24)4(20)6(22)11(33-17)14(26)27/h2-13,16-25,30H,1H3,(H,26,27)(H,28,29). The molecule has 35 heavy (non-hydrogen) atoms. The quantitative estimate of drug-likeness (QED) is 0.157. The van der Waals surface area contributed by atoms with Gasteiger partial charge in [-0.15, -0.1) is 0 Å². The van der Waals surface area contributed by atoms with Crippen LogP contribution in [0.3, 0.4) is 0 Å². The molecule has 17 heteroatoms. The van der Waals surface area contributed by atoms with E-state index in [0.717, 1.165) is 0 Å². The average molecular weight is 516 g/mol. The number of ether oxygens (including phenoxy) is 5. The molecule has 0 bridgehead atoms. The highest BCUT2D eigenvalue weighted by Crippen LogP contribution is 2.32. The molecule has 0 radical (unpaired) electrons. The second kappa shape index (κ2) is 10.8. The Morgan fingerprint density at radius 2 is 1.03 bits per heavy atom. The largest absolute Gasteiger partial charge is 0.479 e. The van der Waals surface area contributed by atoms with E-state index in [9.17, 15) is 55.5 Å². The SMILES string of the molecule is CC1OC(O)C(OC2OC(C(=O)O)C(OC3OC(C(=O)O)C(O)C(O)C3O)C(O)C2O)C(O)C1O. The van der Waals surface area contributed by atoms with Crippen molar-refractivity contribution in [1.29, 1.82) is 0 Å². The fourth-order valence-corrected chi connectivity index (χ4v) is 3.94. The Labute approximate surface area is 196 Å². The summed E-state index contributed by atoms with van der Waals surface area (Å²) in [6.45, 7) is 1.35. The molecule has 3 aliphatic heterocycles. The second-order valence-corrected chi connectivity index (χ2v) is 8.39. The van der Waals surface area contributed by atoms with Crippen molar-refractivity contribution in [1.82, 2.24) is 0 Å². The van der Waals surface area contributed by atoms with E-state index >= 15 is 0 Å². The van der Waals surface area contributed by atoms with Gasteiger partial charge in [0.05, 0.1) is 6.10 Å². The number of aliphatic hydroxyl groups is 8. The van der Waals surface area contributed by atoms with Crippen molar-refractivity contribution in [3.05, 3.63) is 0 Å². The third-order valence-corrected chi connectivity index (χ3v) is 5.99. The first-order valence-electron chi connectivity index (χ1n) is 10.4. The van der Waals surface area contributed by atoms with Crippen LogP contribution in [0.15, 0.2) is 0 Å². The molecule has 0 aromatic heterocycles. The molecular formula is C18H28O17. The minimum Gasteiger partial charge on any atom is -0.479 e. The van der Waals surface area contributed by atoms with Crippen LogP contribution in [-0.4, -0.2) is 155 Å². The summed E-state index contributed by atoms with van der Waals surface area (Å²) in [6.07, 6.45) is -28.8. The molecule has 0 aliphatic carbocycles. The van der Waals surface area contributed by atoms with Gasteiger partial charge in [-0.25, -0.2) is 9.59 Å². The van der Waals surface area contributed by atoms with Gasteiger partial charge in [-0.05, 0) is 6.92 Å². The first-order valence-corrected chi connectivity index (χ1v) is 10.4. The van der Waals surface area contributed by atoms with Gasteiger partial charge in [0.15, 0.2) is 31.1 Å². The van der Waals surface area contributed by atoms with Crippen molar-refractivity contribution in [2.75, 3.05) is 0 Å². The lowest BCUT2D eigenvalue weighted by molar-refractivity contribution is -0.373. The van der Waals surface area contributed by atoms with Gasteiger partial charge in [0, 0.05) is 0 Å². The highest BCUT2D eigenvalue weighted by atomic mass is 16.8. The Hall–Kier alpha value is -1.58. The topological polar surface area (TPSA) is 283 Å². The fourth-order valence-electron chi connectivity index (χ4n) is 3.94. The van der Waals surface area contributed by atoms with Gasteiger partial charge in [-0.3, -0.25) is 0 Å². The highest BCUT2D eigenvalue weighted by molar-refractivity contribution is 5.74. The molecule has 10 N–H and O–H groups in total. The molecule has 3 aliphatic rings. The molecule has 0 saturated carbocycles. The van der Waals surface area contributed by atoms with E-state index in [2.05, 4.69) is 0 Å². The molecule has 3 saturated heterocycles. The zero-order chi connectivity index (χ0) is 26.4. The number of carboxylic acid groups (broad SMARTS) is 2. The first-order chi connectivity index (χ1) is 16.3. The third kappa shape index (κ3) is 5.42. The number of carbonyl (C=O) groups is 2. The molecule has 0 amide bonds. The summed E-state index contributed by atoms with van der Waals surface area (Å²) in [4.78, 5) is 23.0. The molecule has 0 spiro atoms. The van der Waals surface area contributed by atoms with Crippen molar-refractivity contribution in [2.45, 2.75) is 99.0 Å². The summed E-state index contributed by atoms with van der Waals surface area (Å²) in [5, 5.41) is 99.4. The second-order valence-electron chi connectivity index (χ2n) is 8.39. The van der Waals surface area contributed by atoms with Crippen LogP contribution in [0.5, 0.6) is 0 Å². The van der Waals surface area contributed by atoms with Crippen molar-refractivity contribution in [2.24, 2.45) is 0 Å². The van der Waals surface area contributed by atoms with Crippen molar-refractivity contribution < 1.29 is 84.3 Å². The van der Waals surface area contributed by atoms with Crippen LogP contribution in [0, 0.1) is 0 Å². The Balaban J connectivity index is 1.77. The van der Waals surface area contributed by atoms with E-state index in [1.165, 1.54) is 6.92 Å². The average Bonchev–Trinajstić information content (AvgIpc) is 2.79.